The molecule has 0 bridgehead atoms. The summed E-state index contributed by atoms with van der Waals surface area (Å²) in [6.07, 6.45) is -1.29. The zero-order valence-corrected chi connectivity index (χ0v) is 18.5. The van der Waals surface area contributed by atoms with Crippen molar-refractivity contribution >= 4 is 34.4 Å². The molecule has 31 heavy (non-hydrogen) atoms. The van der Waals surface area contributed by atoms with Gasteiger partial charge in [-0.05, 0) is 56.7 Å². The molecule has 0 radical (unpaired) electrons. The zero-order valence-electron chi connectivity index (χ0n) is 17.7. The second-order valence-electron chi connectivity index (χ2n) is 7.97. The highest BCUT2D eigenvalue weighted by Gasteiger charge is 2.45. The van der Waals surface area contributed by atoms with Gasteiger partial charge >= 0.3 is 0 Å². The highest BCUT2D eigenvalue weighted by molar-refractivity contribution is 7.11. The molecule has 1 aromatic heterocycles. The number of amides is 1. The van der Waals surface area contributed by atoms with Gasteiger partial charge < -0.3 is 4.74 Å². The Morgan fingerprint density at radius 2 is 2.00 bits per heavy atom. The number of hydrogen-bond acceptors (Lipinski definition) is 6. The molecule has 4 rings (SSSR count). The molecule has 0 spiro atoms. The quantitative estimate of drug-likeness (QED) is 0.510. The fraction of sp³-hybridized carbons (Fsp3) is 0.304. The Bertz CT molecular complexity index is 1170. The lowest BCUT2D eigenvalue weighted by molar-refractivity contribution is -0.121. The molecule has 0 fully saturated rings. The third-order valence-corrected chi connectivity index (χ3v) is 6.06. The van der Waals surface area contributed by atoms with E-state index in [0.29, 0.717) is 27.7 Å². The summed E-state index contributed by atoms with van der Waals surface area (Å²) in [6.45, 7) is 6.81. The molecule has 6 nitrogen and oxygen atoms in total. The van der Waals surface area contributed by atoms with Crippen LogP contribution in [0.1, 0.15) is 46.7 Å². The number of alkyl halides is 1. The highest BCUT2D eigenvalue weighted by Crippen LogP contribution is 2.46. The van der Waals surface area contributed by atoms with Crippen LogP contribution in [-0.2, 0) is 16.6 Å². The number of ether oxygens (including phenoxy) is 1. The van der Waals surface area contributed by atoms with Gasteiger partial charge in [-0.3, -0.25) is 14.5 Å². The average Bonchev–Trinajstić information content (AvgIpc) is 3.20. The molecule has 8 heteroatoms. The number of benzene rings is 2. The number of aromatic nitrogens is 2. The van der Waals surface area contributed by atoms with Crippen LogP contribution in [-0.4, -0.2) is 28.2 Å². The van der Waals surface area contributed by atoms with E-state index in [9.17, 15) is 14.0 Å². The summed E-state index contributed by atoms with van der Waals surface area (Å²) < 4.78 is 18.4. The number of anilines is 2. The van der Waals surface area contributed by atoms with Gasteiger partial charge in [0.25, 0.3) is 0 Å². The highest BCUT2D eigenvalue weighted by atomic mass is 32.1. The van der Waals surface area contributed by atoms with E-state index in [1.165, 1.54) is 18.3 Å². The van der Waals surface area contributed by atoms with Gasteiger partial charge in [0.2, 0.25) is 12.3 Å². The minimum Gasteiger partial charge on any atom is -0.461 e. The summed E-state index contributed by atoms with van der Waals surface area (Å²) in [5.74, 6) is 0.135. The summed E-state index contributed by atoms with van der Waals surface area (Å²) in [5, 5.41) is 9.45. The zero-order chi connectivity index (χ0) is 22.3. The topological polar surface area (TPSA) is 72.4 Å². The van der Waals surface area contributed by atoms with Crippen LogP contribution in [0, 0.1) is 6.92 Å². The van der Waals surface area contributed by atoms with Crippen LogP contribution in [0.2, 0.25) is 0 Å². The number of rotatable bonds is 6. The molecule has 2 heterocycles. The maximum absolute atomic E-state index is 13.3. The van der Waals surface area contributed by atoms with Crippen molar-refractivity contribution in [3.63, 3.8) is 0 Å². The normalized spacial score (nSPS) is 15.6. The predicted octanol–water partition coefficient (Wildman–Crippen LogP) is 4.92. The predicted molar refractivity (Wildman–Crippen MR) is 117 cm³/mol. The Balaban J connectivity index is 1.69. The van der Waals surface area contributed by atoms with Crippen molar-refractivity contribution in [3.05, 3.63) is 63.6 Å². The molecular formula is C23H22FN3O3S. The largest absolute Gasteiger partial charge is 0.461 e. The van der Waals surface area contributed by atoms with E-state index in [-0.39, 0.29) is 18.1 Å². The van der Waals surface area contributed by atoms with Gasteiger partial charge in [-0.1, -0.05) is 6.07 Å². The molecule has 1 aliphatic heterocycles. The maximum atomic E-state index is 13.3. The number of ketones is 1. The first kappa shape index (κ1) is 21.1. The molecule has 0 N–H and O–H groups in total. The number of carbonyl (C=O) groups is 2. The van der Waals surface area contributed by atoms with Crippen LogP contribution >= 0.6 is 11.3 Å². The maximum Gasteiger partial charge on any atom is 0.241 e. The molecule has 1 atom stereocenters. The Labute approximate surface area is 183 Å². The van der Waals surface area contributed by atoms with E-state index >= 15 is 0 Å². The first-order valence-corrected chi connectivity index (χ1v) is 10.7. The second-order valence-corrected chi connectivity index (χ2v) is 9.24. The van der Waals surface area contributed by atoms with Crippen molar-refractivity contribution in [2.45, 2.75) is 45.9 Å². The van der Waals surface area contributed by atoms with Gasteiger partial charge in [-0.25, -0.2) is 4.39 Å². The van der Waals surface area contributed by atoms with Crippen molar-refractivity contribution in [2.75, 3.05) is 4.90 Å². The molecule has 0 aliphatic carbocycles. The van der Waals surface area contributed by atoms with Gasteiger partial charge in [0.1, 0.15) is 15.8 Å². The van der Waals surface area contributed by atoms with Gasteiger partial charge in [0.05, 0.1) is 23.2 Å². The molecule has 0 saturated carbocycles. The Kier molecular flexibility index (Phi) is 5.35. The van der Waals surface area contributed by atoms with Crippen molar-refractivity contribution in [1.29, 1.82) is 0 Å². The van der Waals surface area contributed by atoms with Crippen molar-refractivity contribution < 1.29 is 18.7 Å². The van der Waals surface area contributed by atoms with Crippen LogP contribution in [0.4, 0.5) is 15.8 Å². The number of halogens is 1. The molecule has 0 saturated heterocycles. The monoisotopic (exact) mass is 439 g/mol. The molecule has 1 amide bonds. The number of Topliss-reactive ketones (excluding diaryl/α,β-unsaturated/α-hetero) is 1. The fourth-order valence-electron chi connectivity index (χ4n) is 3.70. The Morgan fingerprint density at radius 1 is 1.23 bits per heavy atom. The standard InChI is InChI=1S/C23H22FN3O3S/c1-13(24)30-17-7-5-6-16(11-17)27-19-9-8-15(10-18(19)23(3,4)22(27)29)20(28)12-21-26-25-14(2)31-21/h5-11,13H,12H2,1-4H3. The van der Waals surface area contributed by atoms with Gasteiger partial charge in [-0.2, -0.15) is 0 Å². The van der Waals surface area contributed by atoms with Crippen LogP contribution in [0.5, 0.6) is 5.75 Å². The van der Waals surface area contributed by atoms with E-state index in [2.05, 4.69) is 10.2 Å². The smallest absolute Gasteiger partial charge is 0.241 e. The summed E-state index contributed by atoms with van der Waals surface area (Å²) in [7, 11) is 0. The number of aryl methyl sites for hydroxylation is 1. The van der Waals surface area contributed by atoms with Crippen molar-refractivity contribution in [2.24, 2.45) is 0 Å². The molecule has 160 valence electrons. The van der Waals surface area contributed by atoms with Crippen LogP contribution in [0.25, 0.3) is 0 Å². The SMILES string of the molecule is Cc1nnc(CC(=O)c2ccc3c(c2)C(C)(C)C(=O)N3c2cccc(OC(C)F)c2)s1. The Morgan fingerprint density at radius 3 is 2.68 bits per heavy atom. The summed E-state index contributed by atoms with van der Waals surface area (Å²) >= 11 is 1.40. The molecule has 3 aromatic rings. The first-order chi connectivity index (χ1) is 14.7. The van der Waals surface area contributed by atoms with Crippen LogP contribution < -0.4 is 9.64 Å². The second kappa shape index (κ2) is 7.85. The van der Waals surface area contributed by atoms with Crippen LogP contribution in [0.15, 0.2) is 42.5 Å². The lowest BCUT2D eigenvalue weighted by atomic mass is 9.85. The summed E-state index contributed by atoms with van der Waals surface area (Å²) in [4.78, 5) is 27.7. The Hall–Kier alpha value is -3.13. The lowest BCUT2D eigenvalue weighted by Gasteiger charge is -2.21. The third-order valence-electron chi connectivity index (χ3n) is 5.22. The van der Waals surface area contributed by atoms with E-state index < -0.39 is 11.8 Å². The number of hydrogen-bond donors (Lipinski definition) is 0. The fourth-order valence-corrected chi connectivity index (χ4v) is 4.40. The third kappa shape index (κ3) is 3.95. The van der Waals surface area contributed by atoms with E-state index in [4.69, 9.17) is 4.74 Å². The van der Waals surface area contributed by atoms with Gasteiger partial charge in [-0.15, -0.1) is 21.5 Å². The molecule has 1 unspecified atom stereocenters. The molecular weight excluding hydrogens is 417 g/mol. The number of nitrogens with zero attached hydrogens (tertiary/aromatic N) is 3. The first-order valence-electron chi connectivity index (χ1n) is 9.89. The van der Waals surface area contributed by atoms with Gasteiger partial charge in [0.15, 0.2) is 5.78 Å². The minimum atomic E-state index is -1.46. The summed E-state index contributed by atoms with van der Waals surface area (Å²) in [6, 6.07) is 12.1. The van der Waals surface area contributed by atoms with Gasteiger partial charge in [0, 0.05) is 18.6 Å². The summed E-state index contributed by atoms with van der Waals surface area (Å²) in [5.41, 5.74) is 1.75. The van der Waals surface area contributed by atoms with Crippen LogP contribution in [0.3, 0.4) is 0 Å². The number of fused-ring (bicyclic) bond motifs is 1. The molecule has 1 aliphatic rings. The van der Waals surface area contributed by atoms with E-state index in [1.807, 2.05) is 20.8 Å². The van der Waals surface area contributed by atoms with Crippen molar-refractivity contribution in [3.8, 4) is 5.75 Å². The lowest BCUT2D eigenvalue weighted by Crippen LogP contribution is -2.33. The van der Waals surface area contributed by atoms with E-state index in [0.717, 1.165) is 10.6 Å². The minimum absolute atomic E-state index is 0.0759. The average molecular weight is 440 g/mol. The molecule has 2 aromatic carbocycles. The van der Waals surface area contributed by atoms with E-state index in [1.54, 1.807) is 47.4 Å². The number of carbonyl (C=O) groups excluding carboxylic acids is 2. The van der Waals surface area contributed by atoms with Crippen molar-refractivity contribution in [1.82, 2.24) is 10.2 Å².